The standard InChI is InChI=1S/C27H26ClN5OS/c1-33(27-32-23(17-35-27)22-9-3-7-20-8-4-11-30-25(20)22)16-19-6-2-5-18(13-19)15-31-26(34)21-10-12-29-24(28)14-21/h2,4-6,8,10-14,17,22H,3,7,9,15-16H2,1H3,(H,31,34). The first kappa shape index (κ1) is 23.5. The number of rotatable bonds is 7. The van der Waals surface area contributed by atoms with Crippen LogP contribution in [0.25, 0.3) is 0 Å². The minimum absolute atomic E-state index is 0.175. The second-order valence-corrected chi connectivity index (χ2v) is 10.00. The number of carbonyl (C=O) groups is 1. The molecule has 4 aromatic rings. The SMILES string of the molecule is CN(Cc1cccc(CNC(=O)c2ccnc(Cl)c2)c1)c1nc(C2CCCc3cccnc32)cs1. The van der Waals surface area contributed by atoms with Crippen molar-refractivity contribution in [1.29, 1.82) is 0 Å². The fraction of sp³-hybridized carbons (Fsp3) is 0.259. The Kier molecular flexibility index (Phi) is 7.06. The zero-order valence-electron chi connectivity index (χ0n) is 19.4. The van der Waals surface area contributed by atoms with E-state index in [1.54, 1.807) is 23.5 Å². The number of hydrogen-bond acceptors (Lipinski definition) is 6. The van der Waals surface area contributed by atoms with Crippen molar-refractivity contribution < 1.29 is 4.79 Å². The van der Waals surface area contributed by atoms with E-state index in [0.717, 1.165) is 41.3 Å². The van der Waals surface area contributed by atoms with E-state index in [1.165, 1.54) is 23.9 Å². The van der Waals surface area contributed by atoms with Gasteiger partial charge in [-0.1, -0.05) is 41.9 Å². The fourth-order valence-electron chi connectivity index (χ4n) is 4.52. The molecule has 3 aromatic heterocycles. The lowest BCUT2D eigenvalue weighted by Gasteiger charge is -2.23. The number of pyridine rings is 2. The highest BCUT2D eigenvalue weighted by atomic mass is 35.5. The molecule has 6 nitrogen and oxygen atoms in total. The Balaban J connectivity index is 1.23. The first-order valence-corrected chi connectivity index (χ1v) is 12.9. The zero-order chi connectivity index (χ0) is 24.2. The number of anilines is 1. The lowest BCUT2D eigenvalue weighted by atomic mass is 9.85. The van der Waals surface area contributed by atoms with Crippen molar-refractivity contribution in [2.75, 3.05) is 11.9 Å². The lowest BCUT2D eigenvalue weighted by molar-refractivity contribution is 0.0951. The van der Waals surface area contributed by atoms with Crippen molar-refractivity contribution in [2.24, 2.45) is 0 Å². The summed E-state index contributed by atoms with van der Waals surface area (Å²) in [7, 11) is 2.07. The van der Waals surface area contributed by atoms with E-state index in [9.17, 15) is 4.79 Å². The van der Waals surface area contributed by atoms with Crippen LogP contribution < -0.4 is 10.2 Å². The van der Waals surface area contributed by atoms with Crippen LogP contribution in [0, 0.1) is 0 Å². The molecular formula is C27H26ClN5OS. The number of fused-ring (bicyclic) bond motifs is 1. The number of carbonyl (C=O) groups excluding carboxylic acids is 1. The molecule has 1 aliphatic rings. The van der Waals surface area contributed by atoms with Gasteiger partial charge in [0.1, 0.15) is 5.15 Å². The van der Waals surface area contributed by atoms with Crippen LogP contribution in [-0.2, 0) is 19.5 Å². The molecule has 1 amide bonds. The average molecular weight is 504 g/mol. The van der Waals surface area contributed by atoms with Crippen LogP contribution in [0.4, 0.5) is 5.13 Å². The maximum atomic E-state index is 12.4. The Bertz CT molecular complexity index is 1340. The van der Waals surface area contributed by atoms with Crippen LogP contribution in [0.15, 0.2) is 66.3 Å². The number of nitrogens with one attached hydrogen (secondary N) is 1. The van der Waals surface area contributed by atoms with Crippen LogP contribution in [0.3, 0.4) is 0 Å². The molecule has 178 valence electrons. The smallest absolute Gasteiger partial charge is 0.251 e. The van der Waals surface area contributed by atoms with Gasteiger partial charge in [-0.3, -0.25) is 9.78 Å². The molecule has 0 aliphatic heterocycles. The van der Waals surface area contributed by atoms with Crippen LogP contribution in [0.2, 0.25) is 5.15 Å². The van der Waals surface area contributed by atoms with Crippen molar-refractivity contribution in [3.05, 3.63) is 105 Å². The molecule has 1 aliphatic carbocycles. The van der Waals surface area contributed by atoms with Crippen LogP contribution in [-0.4, -0.2) is 27.9 Å². The number of thiazole rings is 1. The van der Waals surface area contributed by atoms with Gasteiger partial charge in [-0.05, 0) is 54.2 Å². The van der Waals surface area contributed by atoms with Gasteiger partial charge in [0.05, 0.1) is 11.4 Å². The van der Waals surface area contributed by atoms with Gasteiger partial charge in [0, 0.05) is 49.4 Å². The summed E-state index contributed by atoms with van der Waals surface area (Å²) >= 11 is 7.57. The molecule has 0 saturated carbocycles. The molecule has 1 N–H and O–H groups in total. The van der Waals surface area contributed by atoms with E-state index in [0.29, 0.717) is 17.3 Å². The van der Waals surface area contributed by atoms with Gasteiger partial charge in [-0.2, -0.15) is 0 Å². The number of nitrogens with zero attached hydrogens (tertiary/aromatic N) is 4. The van der Waals surface area contributed by atoms with Crippen molar-refractivity contribution in [1.82, 2.24) is 20.3 Å². The Morgan fingerprint density at radius 2 is 2.03 bits per heavy atom. The molecule has 0 radical (unpaired) electrons. The Morgan fingerprint density at radius 1 is 1.14 bits per heavy atom. The van der Waals surface area contributed by atoms with E-state index < -0.39 is 0 Å². The summed E-state index contributed by atoms with van der Waals surface area (Å²) in [5.41, 5.74) is 6.34. The lowest BCUT2D eigenvalue weighted by Crippen LogP contribution is -2.23. The molecular weight excluding hydrogens is 478 g/mol. The number of halogens is 1. The molecule has 5 rings (SSSR count). The summed E-state index contributed by atoms with van der Waals surface area (Å²) in [4.78, 5) is 28.2. The molecule has 0 fully saturated rings. The van der Waals surface area contributed by atoms with Gasteiger partial charge < -0.3 is 10.2 Å². The third-order valence-electron chi connectivity index (χ3n) is 6.24. The third kappa shape index (κ3) is 5.52. The molecule has 0 saturated heterocycles. The molecule has 3 heterocycles. The molecule has 1 aromatic carbocycles. The van der Waals surface area contributed by atoms with E-state index in [4.69, 9.17) is 16.6 Å². The number of aromatic nitrogens is 3. The van der Waals surface area contributed by atoms with Gasteiger partial charge in [0.2, 0.25) is 0 Å². The molecule has 35 heavy (non-hydrogen) atoms. The van der Waals surface area contributed by atoms with Crippen molar-refractivity contribution in [3.8, 4) is 0 Å². The van der Waals surface area contributed by atoms with Gasteiger partial charge in [-0.15, -0.1) is 11.3 Å². The van der Waals surface area contributed by atoms with Crippen LogP contribution in [0.1, 0.15) is 57.2 Å². The molecule has 1 atom stereocenters. The molecule has 1 unspecified atom stereocenters. The van der Waals surface area contributed by atoms with Crippen molar-refractivity contribution in [3.63, 3.8) is 0 Å². The Morgan fingerprint density at radius 3 is 2.91 bits per heavy atom. The van der Waals surface area contributed by atoms with Crippen molar-refractivity contribution >= 4 is 34.0 Å². The topological polar surface area (TPSA) is 71.0 Å². The first-order valence-electron chi connectivity index (χ1n) is 11.6. The predicted octanol–water partition coefficient (Wildman–Crippen LogP) is 5.62. The maximum absolute atomic E-state index is 12.4. The van der Waals surface area contributed by atoms with Crippen LogP contribution in [0.5, 0.6) is 0 Å². The largest absolute Gasteiger partial charge is 0.348 e. The minimum atomic E-state index is -0.175. The number of amides is 1. The van der Waals surface area contributed by atoms with E-state index in [-0.39, 0.29) is 11.8 Å². The monoisotopic (exact) mass is 503 g/mol. The first-order chi connectivity index (χ1) is 17.1. The van der Waals surface area contributed by atoms with Gasteiger partial charge in [0.15, 0.2) is 5.13 Å². The van der Waals surface area contributed by atoms with E-state index >= 15 is 0 Å². The number of aryl methyl sites for hydroxylation is 1. The average Bonchev–Trinajstić information content (AvgIpc) is 3.37. The predicted molar refractivity (Wildman–Crippen MR) is 140 cm³/mol. The summed E-state index contributed by atoms with van der Waals surface area (Å²) in [5.74, 6) is 0.103. The maximum Gasteiger partial charge on any atom is 0.251 e. The van der Waals surface area contributed by atoms with E-state index in [2.05, 4.69) is 50.8 Å². The summed E-state index contributed by atoms with van der Waals surface area (Å²) in [6.45, 7) is 1.17. The molecule has 0 spiro atoms. The van der Waals surface area contributed by atoms with Crippen LogP contribution >= 0.6 is 22.9 Å². The second-order valence-electron chi connectivity index (χ2n) is 8.77. The highest BCUT2D eigenvalue weighted by Gasteiger charge is 2.25. The molecule has 8 heteroatoms. The van der Waals surface area contributed by atoms with Gasteiger partial charge in [0.25, 0.3) is 5.91 Å². The second kappa shape index (κ2) is 10.5. The molecule has 0 bridgehead atoms. The van der Waals surface area contributed by atoms with E-state index in [1.807, 2.05) is 24.4 Å². The highest BCUT2D eigenvalue weighted by molar-refractivity contribution is 7.13. The summed E-state index contributed by atoms with van der Waals surface area (Å²) in [5, 5.41) is 6.42. The third-order valence-corrected chi connectivity index (χ3v) is 7.42. The fourth-order valence-corrected chi connectivity index (χ4v) is 5.54. The van der Waals surface area contributed by atoms with Gasteiger partial charge in [-0.25, -0.2) is 9.97 Å². The Labute approximate surface area is 214 Å². The zero-order valence-corrected chi connectivity index (χ0v) is 21.0. The summed E-state index contributed by atoms with van der Waals surface area (Å²) in [6.07, 6.45) is 6.78. The van der Waals surface area contributed by atoms with Crippen molar-refractivity contribution in [2.45, 2.75) is 38.3 Å². The number of benzene rings is 1. The van der Waals surface area contributed by atoms with Gasteiger partial charge >= 0.3 is 0 Å². The highest BCUT2D eigenvalue weighted by Crippen LogP contribution is 2.37. The Hall–Kier alpha value is -3.29. The quantitative estimate of drug-likeness (QED) is 0.331. The number of hydrogen-bond donors (Lipinski definition) is 1. The summed E-state index contributed by atoms with van der Waals surface area (Å²) in [6, 6.07) is 15.7. The summed E-state index contributed by atoms with van der Waals surface area (Å²) < 4.78 is 0. The normalized spacial score (nSPS) is 14.9. The minimum Gasteiger partial charge on any atom is -0.348 e.